The van der Waals surface area contributed by atoms with Crippen molar-refractivity contribution in [3.63, 3.8) is 0 Å². The summed E-state index contributed by atoms with van der Waals surface area (Å²) in [6.45, 7) is 0.0936. The zero-order valence-corrected chi connectivity index (χ0v) is 5.25. The van der Waals surface area contributed by atoms with Gasteiger partial charge in [0.25, 0.3) is 0 Å². The van der Waals surface area contributed by atoms with Crippen LogP contribution in [-0.4, -0.2) is 11.8 Å². The molecule has 8 heteroatoms. The molecule has 0 radical (unpaired) electrons. The van der Waals surface area contributed by atoms with Crippen LogP contribution in [-0.2, 0) is 15.1 Å². The van der Waals surface area contributed by atoms with Crippen LogP contribution >= 0.6 is 0 Å². The number of nitrogens with zero attached hydrogens (tertiary/aromatic N) is 4. The minimum atomic E-state index is 0.0936. The van der Waals surface area contributed by atoms with Crippen LogP contribution < -0.4 is 0 Å². The molecule has 0 fully saturated rings. The summed E-state index contributed by atoms with van der Waals surface area (Å²) in [6, 6.07) is 0. The van der Waals surface area contributed by atoms with E-state index in [0.29, 0.717) is 0 Å². The van der Waals surface area contributed by atoms with Gasteiger partial charge in [0, 0.05) is 10.3 Å². The quantitative estimate of drug-likeness (QED) is 0.210. The van der Waals surface area contributed by atoms with Gasteiger partial charge in [0.15, 0.2) is 0 Å². The Morgan fingerprint density at radius 2 is 2.27 bits per heavy atom. The zero-order valence-electron chi connectivity index (χ0n) is 5.25. The van der Waals surface area contributed by atoms with Gasteiger partial charge in [-0.1, -0.05) is 5.92 Å². The molecule has 0 aliphatic rings. The van der Waals surface area contributed by atoms with Gasteiger partial charge in [-0.05, 0) is 10.3 Å². The molecule has 0 saturated heterocycles. The number of hydrogen-bond acceptors (Lipinski definition) is 6. The maximum absolute atomic E-state index is 7.48. The van der Waals surface area contributed by atoms with Crippen molar-refractivity contribution in [3.8, 4) is 12.3 Å². The van der Waals surface area contributed by atoms with Gasteiger partial charge < -0.3 is 0 Å². The third kappa shape index (κ3) is 8.44. The fraction of sp³-hybridized carbons (Fsp3) is 0.333. The highest BCUT2D eigenvalue weighted by molar-refractivity contribution is 4.85. The van der Waals surface area contributed by atoms with Crippen LogP contribution in [0.2, 0.25) is 0 Å². The molecule has 0 unspecified atom stereocenters. The maximum atomic E-state index is 7.48. The largest absolute Gasteiger partial charge is 0.218 e. The van der Waals surface area contributed by atoms with Gasteiger partial charge in [0.1, 0.15) is 6.54 Å². The minimum absolute atomic E-state index is 0.0936. The third-order valence-electron chi connectivity index (χ3n) is 0.396. The van der Waals surface area contributed by atoms with Gasteiger partial charge in [-0.25, -0.2) is 5.26 Å². The van der Waals surface area contributed by atoms with E-state index in [0.717, 1.165) is 0 Å². The maximum Gasteiger partial charge on any atom is 0.123 e. The van der Waals surface area contributed by atoms with Gasteiger partial charge in [-0.15, -0.1) is 6.42 Å². The number of rotatable bonds is 5. The van der Waals surface area contributed by atoms with Crippen LogP contribution in [0.4, 0.5) is 0 Å². The molecular formula is C3H4N4O4. The second-order valence-corrected chi connectivity index (χ2v) is 0.981. The van der Waals surface area contributed by atoms with Crippen molar-refractivity contribution < 1.29 is 20.3 Å². The number of hydrogen-bond donors (Lipinski definition) is 1. The lowest BCUT2D eigenvalue weighted by atomic mass is 10.7. The van der Waals surface area contributed by atoms with E-state index in [2.05, 4.69) is 41.8 Å². The van der Waals surface area contributed by atoms with Crippen LogP contribution in [0.5, 0.6) is 0 Å². The SMILES string of the molecule is C#CCN=N/N=N/OOOO. The summed E-state index contributed by atoms with van der Waals surface area (Å²) in [4.78, 5) is 3.64. The molecule has 0 aliphatic heterocycles. The minimum Gasteiger partial charge on any atom is -0.218 e. The Morgan fingerprint density at radius 1 is 1.45 bits per heavy atom. The first kappa shape index (κ1) is 9.44. The standard InChI is InChI=1S/C3H4N4O4/c1-2-3-4-5-6-7-9-11-10-8/h1,8H,3H2/b5-4?,7-6+. The van der Waals surface area contributed by atoms with Gasteiger partial charge in [-0.3, -0.25) is 0 Å². The molecule has 0 aromatic heterocycles. The molecule has 11 heavy (non-hydrogen) atoms. The van der Waals surface area contributed by atoms with E-state index in [9.17, 15) is 0 Å². The van der Waals surface area contributed by atoms with E-state index >= 15 is 0 Å². The summed E-state index contributed by atoms with van der Waals surface area (Å²) in [5.41, 5.74) is 0. The first-order chi connectivity index (χ1) is 5.41. The highest BCUT2D eigenvalue weighted by atomic mass is 17.7. The Bertz CT molecular complexity index is 173. The summed E-state index contributed by atoms with van der Waals surface area (Å²) < 4.78 is 0. The molecule has 1 N–H and O–H groups in total. The Balaban J connectivity index is 3.23. The van der Waals surface area contributed by atoms with E-state index in [1.54, 1.807) is 0 Å². The van der Waals surface area contributed by atoms with E-state index in [1.165, 1.54) is 0 Å². The average molecular weight is 160 g/mol. The topological polar surface area (TPSA) is 97.4 Å². The number of terminal acetylenes is 1. The van der Waals surface area contributed by atoms with E-state index in [1.807, 2.05) is 0 Å². The van der Waals surface area contributed by atoms with Crippen molar-refractivity contribution in [2.75, 3.05) is 6.54 Å². The Kier molecular flexibility index (Phi) is 7.24. The molecule has 8 nitrogen and oxygen atoms in total. The predicted octanol–water partition coefficient (Wildman–Crippen LogP) is 0.707. The highest BCUT2D eigenvalue weighted by Crippen LogP contribution is 1.83. The second-order valence-electron chi connectivity index (χ2n) is 0.981. The van der Waals surface area contributed by atoms with Gasteiger partial charge in [0.2, 0.25) is 0 Å². The average Bonchev–Trinajstić information content (AvgIpc) is 2.03. The molecule has 0 aromatic carbocycles. The lowest BCUT2D eigenvalue weighted by Crippen LogP contribution is -1.83. The molecule has 0 saturated carbocycles. The molecular weight excluding hydrogens is 156 g/mol. The smallest absolute Gasteiger partial charge is 0.123 e. The summed E-state index contributed by atoms with van der Waals surface area (Å²) >= 11 is 0. The van der Waals surface area contributed by atoms with Crippen molar-refractivity contribution in [2.45, 2.75) is 0 Å². The normalized spacial score (nSPS) is 10.5. The van der Waals surface area contributed by atoms with E-state index < -0.39 is 0 Å². The summed E-state index contributed by atoms with van der Waals surface area (Å²) in [6.07, 6.45) is 4.81. The summed E-state index contributed by atoms with van der Waals surface area (Å²) in [5, 5.41) is 25.8. The molecule has 0 atom stereocenters. The lowest BCUT2D eigenvalue weighted by Gasteiger charge is -1.83. The second kappa shape index (κ2) is 8.44. The molecule has 60 valence electrons. The molecule has 0 bridgehead atoms. The van der Waals surface area contributed by atoms with E-state index in [4.69, 9.17) is 11.7 Å². The lowest BCUT2D eigenvalue weighted by molar-refractivity contribution is -0.626. The zero-order chi connectivity index (χ0) is 8.36. The summed E-state index contributed by atoms with van der Waals surface area (Å²) in [5.74, 6) is 2.17. The van der Waals surface area contributed by atoms with Gasteiger partial charge in [-0.2, -0.15) is 10.1 Å². The van der Waals surface area contributed by atoms with Crippen LogP contribution in [0.15, 0.2) is 20.8 Å². The van der Waals surface area contributed by atoms with Crippen LogP contribution in [0.3, 0.4) is 0 Å². The first-order valence-electron chi connectivity index (χ1n) is 2.26. The highest BCUT2D eigenvalue weighted by Gasteiger charge is 1.77. The van der Waals surface area contributed by atoms with Crippen molar-refractivity contribution in [2.24, 2.45) is 20.8 Å². The Morgan fingerprint density at radius 3 is 2.91 bits per heavy atom. The molecule has 0 heterocycles. The molecule has 0 aromatic rings. The van der Waals surface area contributed by atoms with Crippen LogP contribution in [0.25, 0.3) is 0 Å². The fourth-order valence-corrected chi connectivity index (χ4v) is 0.159. The van der Waals surface area contributed by atoms with Crippen molar-refractivity contribution >= 4 is 0 Å². The first-order valence-corrected chi connectivity index (χ1v) is 2.26. The summed E-state index contributed by atoms with van der Waals surface area (Å²) in [7, 11) is 0. The predicted molar refractivity (Wildman–Crippen MR) is 29.3 cm³/mol. The fourth-order valence-electron chi connectivity index (χ4n) is 0.159. The monoisotopic (exact) mass is 160 g/mol. The van der Waals surface area contributed by atoms with Gasteiger partial charge >= 0.3 is 0 Å². The molecule has 0 aliphatic carbocycles. The third-order valence-corrected chi connectivity index (χ3v) is 0.396. The van der Waals surface area contributed by atoms with Crippen molar-refractivity contribution in [1.29, 1.82) is 0 Å². The van der Waals surface area contributed by atoms with Crippen LogP contribution in [0, 0.1) is 12.3 Å². The van der Waals surface area contributed by atoms with Crippen LogP contribution in [0.1, 0.15) is 0 Å². The van der Waals surface area contributed by atoms with Gasteiger partial charge in [0.05, 0.1) is 5.28 Å². The Labute approximate surface area is 61.2 Å². The molecule has 0 spiro atoms. The Hall–Kier alpha value is -1.56. The molecule has 0 amide bonds. The van der Waals surface area contributed by atoms with Crippen molar-refractivity contribution in [1.82, 2.24) is 0 Å². The van der Waals surface area contributed by atoms with E-state index in [-0.39, 0.29) is 6.54 Å². The van der Waals surface area contributed by atoms with Crippen molar-refractivity contribution in [3.05, 3.63) is 0 Å². The molecule has 0 rings (SSSR count).